The van der Waals surface area contributed by atoms with E-state index in [9.17, 15) is 4.79 Å². The minimum Gasteiger partial charge on any atom is -0.496 e. The minimum atomic E-state index is 0.0257. The zero-order valence-electron chi connectivity index (χ0n) is 10.6. The van der Waals surface area contributed by atoms with Crippen LogP contribution in [0, 0.1) is 0 Å². The standard InChI is InChI=1S/C14H18ClNO2/c1-18-13-8-3-2-7-12(13)14(17)16(10-9-15)11-5-4-6-11/h2-3,7-8,11H,4-6,9-10H2,1H3. The summed E-state index contributed by atoms with van der Waals surface area (Å²) in [6, 6.07) is 7.69. The predicted molar refractivity (Wildman–Crippen MR) is 72.4 cm³/mol. The van der Waals surface area contributed by atoms with Crippen LogP contribution in [-0.2, 0) is 0 Å². The number of benzene rings is 1. The molecule has 2 rings (SSSR count). The fourth-order valence-electron chi connectivity index (χ4n) is 2.22. The molecule has 0 aliphatic heterocycles. The lowest BCUT2D eigenvalue weighted by Gasteiger charge is -2.37. The summed E-state index contributed by atoms with van der Waals surface area (Å²) >= 11 is 5.80. The molecule has 1 saturated carbocycles. The molecule has 0 saturated heterocycles. The Morgan fingerprint density at radius 1 is 1.44 bits per heavy atom. The van der Waals surface area contributed by atoms with E-state index in [0.29, 0.717) is 29.8 Å². The zero-order valence-corrected chi connectivity index (χ0v) is 11.3. The molecule has 0 heterocycles. The first-order chi connectivity index (χ1) is 8.77. The first-order valence-corrected chi connectivity index (χ1v) is 6.81. The van der Waals surface area contributed by atoms with E-state index in [4.69, 9.17) is 16.3 Å². The SMILES string of the molecule is COc1ccccc1C(=O)N(CCCl)C1CCC1. The van der Waals surface area contributed by atoms with Gasteiger partial charge in [-0.2, -0.15) is 0 Å². The summed E-state index contributed by atoms with van der Waals surface area (Å²) < 4.78 is 5.25. The van der Waals surface area contributed by atoms with Gasteiger partial charge in [-0.1, -0.05) is 12.1 Å². The van der Waals surface area contributed by atoms with Gasteiger partial charge in [-0.05, 0) is 31.4 Å². The van der Waals surface area contributed by atoms with E-state index >= 15 is 0 Å². The first kappa shape index (κ1) is 13.2. The summed E-state index contributed by atoms with van der Waals surface area (Å²) in [6.45, 7) is 0.600. The van der Waals surface area contributed by atoms with Crippen molar-refractivity contribution in [3.63, 3.8) is 0 Å². The van der Waals surface area contributed by atoms with Gasteiger partial charge in [0.1, 0.15) is 5.75 Å². The highest BCUT2D eigenvalue weighted by Crippen LogP contribution is 2.28. The van der Waals surface area contributed by atoms with Crippen LogP contribution in [0.15, 0.2) is 24.3 Å². The lowest BCUT2D eigenvalue weighted by atomic mass is 9.91. The number of carbonyl (C=O) groups is 1. The summed E-state index contributed by atoms with van der Waals surface area (Å²) in [5.41, 5.74) is 0.622. The number of para-hydroxylation sites is 1. The molecule has 1 fully saturated rings. The van der Waals surface area contributed by atoms with Crippen molar-refractivity contribution < 1.29 is 9.53 Å². The van der Waals surface area contributed by atoms with Crippen molar-refractivity contribution in [2.45, 2.75) is 25.3 Å². The number of rotatable bonds is 5. The summed E-state index contributed by atoms with van der Waals surface area (Å²) in [4.78, 5) is 14.4. The molecule has 0 aromatic heterocycles. The molecule has 0 N–H and O–H groups in total. The number of nitrogens with zero attached hydrogens (tertiary/aromatic N) is 1. The molecule has 0 radical (unpaired) electrons. The number of hydrogen-bond donors (Lipinski definition) is 0. The van der Waals surface area contributed by atoms with Gasteiger partial charge in [0.15, 0.2) is 0 Å². The van der Waals surface area contributed by atoms with Crippen molar-refractivity contribution in [1.82, 2.24) is 4.90 Å². The number of halogens is 1. The van der Waals surface area contributed by atoms with Crippen molar-refractivity contribution in [1.29, 1.82) is 0 Å². The lowest BCUT2D eigenvalue weighted by molar-refractivity contribution is 0.0594. The van der Waals surface area contributed by atoms with E-state index < -0.39 is 0 Å². The topological polar surface area (TPSA) is 29.5 Å². The predicted octanol–water partition coefficient (Wildman–Crippen LogP) is 2.93. The molecule has 18 heavy (non-hydrogen) atoms. The number of amides is 1. The molecule has 98 valence electrons. The second kappa shape index (κ2) is 6.10. The normalized spacial score (nSPS) is 15.0. The van der Waals surface area contributed by atoms with Gasteiger partial charge in [-0.15, -0.1) is 11.6 Å². The molecule has 0 unspecified atom stereocenters. The molecule has 1 aliphatic carbocycles. The van der Waals surface area contributed by atoms with Crippen LogP contribution in [0.4, 0.5) is 0 Å². The third-order valence-corrected chi connectivity index (χ3v) is 3.61. The van der Waals surface area contributed by atoms with Gasteiger partial charge < -0.3 is 9.64 Å². The van der Waals surface area contributed by atoms with Crippen molar-refractivity contribution in [2.75, 3.05) is 19.5 Å². The van der Waals surface area contributed by atoms with Gasteiger partial charge in [0, 0.05) is 18.5 Å². The maximum Gasteiger partial charge on any atom is 0.257 e. The van der Waals surface area contributed by atoms with E-state index in [1.54, 1.807) is 13.2 Å². The molecular formula is C14H18ClNO2. The van der Waals surface area contributed by atoms with E-state index in [-0.39, 0.29) is 5.91 Å². The van der Waals surface area contributed by atoms with Gasteiger partial charge in [-0.25, -0.2) is 0 Å². The molecule has 1 aliphatic rings. The van der Waals surface area contributed by atoms with Crippen LogP contribution in [0.3, 0.4) is 0 Å². The second-order valence-electron chi connectivity index (χ2n) is 4.47. The van der Waals surface area contributed by atoms with Crippen LogP contribution >= 0.6 is 11.6 Å². The van der Waals surface area contributed by atoms with Crippen LogP contribution in [0.1, 0.15) is 29.6 Å². The van der Waals surface area contributed by atoms with Crippen molar-refractivity contribution in [2.24, 2.45) is 0 Å². The average molecular weight is 268 g/mol. The lowest BCUT2D eigenvalue weighted by Crippen LogP contribution is -2.45. The fraction of sp³-hybridized carbons (Fsp3) is 0.500. The second-order valence-corrected chi connectivity index (χ2v) is 4.85. The molecule has 0 spiro atoms. The van der Waals surface area contributed by atoms with Gasteiger partial charge >= 0.3 is 0 Å². The highest BCUT2D eigenvalue weighted by molar-refractivity contribution is 6.18. The highest BCUT2D eigenvalue weighted by Gasteiger charge is 2.30. The Labute approximate surface area is 113 Å². The Balaban J connectivity index is 2.21. The van der Waals surface area contributed by atoms with Gasteiger partial charge in [0.05, 0.1) is 12.7 Å². The smallest absolute Gasteiger partial charge is 0.257 e. The van der Waals surface area contributed by atoms with Gasteiger partial charge in [0.2, 0.25) is 0 Å². The van der Waals surface area contributed by atoms with E-state index in [2.05, 4.69) is 0 Å². The van der Waals surface area contributed by atoms with Gasteiger partial charge in [-0.3, -0.25) is 4.79 Å². The molecule has 1 amide bonds. The van der Waals surface area contributed by atoms with Crippen LogP contribution in [0.5, 0.6) is 5.75 Å². The highest BCUT2D eigenvalue weighted by atomic mass is 35.5. The van der Waals surface area contributed by atoms with Crippen LogP contribution in [0.2, 0.25) is 0 Å². The Morgan fingerprint density at radius 3 is 2.72 bits per heavy atom. The van der Waals surface area contributed by atoms with Crippen LogP contribution in [0.25, 0.3) is 0 Å². The number of methoxy groups -OCH3 is 1. The largest absolute Gasteiger partial charge is 0.496 e. The van der Waals surface area contributed by atoms with Crippen molar-refractivity contribution in [3.05, 3.63) is 29.8 Å². The van der Waals surface area contributed by atoms with Crippen LogP contribution < -0.4 is 4.74 Å². The number of hydrogen-bond acceptors (Lipinski definition) is 2. The van der Waals surface area contributed by atoms with Crippen molar-refractivity contribution in [3.8, 4) is 5.75 Å². The van der Waals surface area contributed by atoms with Crippen molar-refractivity contribution >= 4 is 17.5 Å². The van der Waals surface area contributed by atoms with Gasteiger partial charge in [0.25, 0.3) is 5.91 Å². The Bertz CT molecular complexity index is 418. The Hall–Kier alpha value is -1.22. The molecular weight excluding hydrogens is 250 g/mol. The monoisotopic (exact) mass is 267 g/mol. The average Bonchev–Trinajstić information content (AvgIpc) is 2.35. The summed E-state index contributed by atoms with van der Waals surface area (Å²) in [7, 11) is 1.58. The molecule has 3 nitrogen and oxygen atoms in total. The fourth-order valence-corrected chi connectivity index (χ4v) is 2.40. The molecule has 0 atom stereocenters. The quantitative estimate of drug-likeness (QED) is 0.768. The summed E-state index contributed by atoms with van der Waals surface area (Å²) in [5.74, 6) is 1.12. The zero-order chi connectivity index (χ0) is 13.0. The number of alkyl halides is 1. The molecule has 0 bridgehead atoms. The number of carbonyl (C=O) groups excluding carboxylic acids is 1. The minimum absolute atomic E-state index is 0.0257. The van der Waals surface area contributed by atoms with E-state index in [1.807, 2.05) is 23.1 Å². The van der Waals surface area contributed by atoms with Crippen LogP contribution in [-0.4, -0.2) is 36.4 Å². The Morgan fingerprint density at radius 2 is 2.17 bits per heavy atom. The maximum atomic E-state index is 12.5. The Kier molecular flexibility index (Phi) is 4.48. The van der Waals surface area contributed by atoms with E-state index in [0.717, 1.165) is 12.8 Å². The summed E-state index contributed by atoms with van der Waals surface area (Å²) in [5, 5.41) is 0. The molecule has 1 aromatic rings. The summed E-state index contributed by atoms with van der Waals surface area (Å²) in [6.07, 6.45) is 3.36. The third kappa shape index (κ3) is 2.61. The number of ether oxygens (including phenoxy) is 1. The van der Waals surface area contributed by atoms with E-state index in [1.165, 1.54) is 6.42 Å². The molecule has 1 aromatic carbocycles. The first-order valence-electron chi connectivity index (χ1n) is 6.28. The third-order valence-electron chi connectivity index (χ3n) is 3.44. The molecule has 4 heteroatoms. The maximum absolute atomic E-state index is 12.5.